The molecule has 0 fully saturated rings. The van der Waals surface area contributed by atoms with Crippen LogP contribution in [0.15, 0.2) is 24.3 Å². The Morgan fingerprint density at radius 3 is 2.32 bits per heavy atom. The van der Waals surface area contributed by atoms with Crippen LogP contribution in [0.4, 0.5) is 5.69 Å². The molecule has 0 aliphatic rings. The molecule has 102 valence electrons. The van der Waals surface area contributed by atoms with E-state index in [2.05, 4.69) is 10.6 Å². The van der Waals surface area contributed by atoms with Crippen molar-refractivity contribution in [2.75, 3.05) is 11.9 Å². The van der Waals surface area contributed by atoms with E-state index in [1.54, 1.807) is 31.2 Å². The average molecular weight is 264 g/mol. The quantitative estimate of drug-likeness (QED) is 0.720. The summed E-state index contributed by atoms with van der Waals surface area (Å²) in [6, 6.07) is 6.39. The molecule has 0 radical (unpaired) electrons. The van der Waals surface area contributed by atoms with Gasteiger partial charge in [-0.05, 0) is 24.3 Å². The van der Waals surface area contributed by atoms with E-state index in [0.717, 1.165) is 0 Å². The molecule has 1 aromatic carbocycles. The van der Waals surface area contributed by atoms with E-state index in [9.17, 15) is 14.4 Å². The van der Waals surface area contributed by atoms with Crippen LogP contribution in [0.25, 0.3) is 0 Å². The minimum atomic E-state index is -0.960. The van der Waals surface area contributed by atoms with Gasteiger partial charge in [-0.1, -0.05) is 6.92 Å². The summed E-state index contributed by atoms with van der Waals surface area (Å²) in [6.07, 6.45) is 0.272. The van der Waals surface area contributed by atoms with Crippen molar-refractivity contribution in [2.45, 2.75) is 19.8 Å². The summed E-state index contributed by atoms with van der Waals surface area (Å²) in [5.41, 5.74) is 1.04. The topological polar surface area (TPSA) is 95.5 Å². The first kappa shape index (κ1) is 14.7. The standard InChI is InChI=1S/C13H16N2O4/c1-2-11(16)15-10-5-3-9(4-6-10)13(19)14-8-7-12(17)18/h3-6H,2,7-8H2,1H3,(H,14,19)(H,15,16)(H,17,18). The van der Waals surface area contributed by atoms with Gasteiger partial charge in [0.25, 0.3) is 5.91 Å². The Balaban J connectivity index is 2.53. The van der Waals surface area contributed by atoms with Crippen LogP contribution >= 0.6 is 0 Å². The highest BCUT2D eigenvalue weighted by Crippen LogP contribution is 2.09. The van der Waals surface area contributed by atoms with E-state index in [1.807, 2.05) is 0 Å². The van der Waals surface area contributed by atoms with Crippen LogP contribution in [0.1, 0.15) is 30.1 Å². The van der Waals surface area contributed by atoms with Gasteiger partial charge in [-0.3, -0.25) is 14.4 Å². The zero-order valence-corrected chi connectivity index (χ0v) is 10.6. The monoisotopic (exact) mass is 264 g/mol. The molecule has 6 nitrogen and oxygen atoms in total. The molecule has 0 heterocycles. The summed E-state index contributed by atoms with van der Waals surface area (Å²) in [4.78, 5) is 33.1. The maximum absolute atomic E-state index is 11.6. The van der Waals surface area contributed by atoms with Gasteiger partial charge in [-0.2, -0.15) is 0 Å². The Kier molecular flexibility index (Phi) is 5.53. The number of carbonyl (C=O) groups is 3. The molecule has 0 bridgehead atoms. The number of hydrogen-bond donors (Lipinski definition) is 3. The van der Waals surface area contributed by atoms with Crippen molar-refractivity contribution >= 4 is 23.5 Å². The Morgan fingerprint density at radius 1 is 1.16 bits per heavy atom. The van der Waals surface area contributed by atoms with Gasteiger partial charge in [0.1, 0.15) is 0 Å². The second kappa shape index (κ2) is 7.15. The van der Waals surface area contributed by atoms with Crippen LogP contribution in [-0.2, 0) is 9.59 Å². The molecular formula is C13H16N2O4. The third kappa shape index (κ3) is 5.20. The maximum atomic E-state index is 11.6. The van der Waals surface area contributed by atoms with E-state index < -0.39 is 5.97 Å². The molecule has 0 aliphatic carbocycles. The highest BCUT2D eigenvalue weighted by molar-refractivity contribution is 5.95. The first-order valence-corrected chi connectivity index (χ1v) is 5.93. The fraction of sp³-hybridized carbons (Fsp3) is 0.308. The summed E-state index contributed by atoms with van der Waals surface area (Å²) in [5, 5.41) is 13.6. The number of rotatable bonds is 6. The molecule has 19 heavy (non-hydrogen) atoms. The zero-order valence-electron chi connectivity index (χ0n) is 10.6. The zero-order chi connectivity index (χ0) is 14.3. The molecule has 0 spiro atoms. The number of aliphatic carboxylic acids is 1. The van der Waals surface area contributed by atoms with Gasteiger partial charge in [0.15, 0.2) is 0 Å². The summed E-state index contributed by atoms with van der Waals surface area (Å²) in [5.74, 6) is -1.40. The molecule has 0 saturated carbocycles. The lowest BCUT2D eigenvalue weighted by Gasteiger charge is -2.06. The minimum Gasteiger partial charge on any atom is -0.481 e. The van der Waals surface area contributed by atoms with Crippen molar-refractivity contribution in [1.82, 2.24) is 5.32 Å². The number of carboxylic acid groups (broad SMARTS) is 1. The van der Waals surface area contributed by atoms with Gasteiger partial charge in [0.05, 0.1) is 6.42 Å². The van der Waals surface area contributed by atoms with Gasteiger partial charge in [0, 0.05) is 24.2 Å². The Morgan fingerprint density at radius 2 is 1.79 bits per heavy atom. The third-order valence-corrected chi connectivity index (χ3v) is 2.38. The molecule has 1 rings (SSSR count). The van der Waals surface area contributed by atoms with Crippen LogP contribution < -0.4 is 10.6 Å². The molecule has 0 unspecified atom stereocenters. The number of anilines is 1. The number of carbonyl (C=O) groups excluding carboxylic acids is 2. The van der Waals surface area contributed by atoms with E-state index in [1.165, 1.54) is 0 Å². The number of benzene rings is 1. The van der Waals surface area contributed by atoms with Crippen molar-refractivity contribution in [3.05, 3.63) is 29.8 Å². The van der Waals surface area contributed by atoms with Gasteiger partial charge in [0.2, 0.25) is 5.91 Å². The summed E-state index contributed by atoms with van der Waals surface area (Å²) >= 11 is 0. The number of amides is 2. The molecule has 0 aromatic heterocycles. The molecule has 0 atom stereocenters. The van der Waals surface area contributed by atoms with Gasteiger partial charge >= 0.3 is 5.97 Å². The predicted molar refractivity (Wildman–Crippen MR) is 69.9 cm³/mol. The molecule has 2 amide bonds. The fourth-order valence-electron chi connectivity index (χ4n) is 1.34. The highest BCUT2D eigenvalue weighted by atomic mass is 16.4. The molecular weight excluding hydrogens is 248 g/mol. The lowest BCUT2D eigenvalue weighted by Crippen LogP contribution is -2.25. The van der Waals surface area contributed by atoms with E-state index in [0.29, 0.717) is 17.7 Å². The second-order valence-corrected chi connectivity index (χ2v) is 3.88. The summed E-state index contributed by atoms with van der Waals surface area (Å²) in [6.45, 7) is 1.84. The Hall–Kier alpha value is -2.37. The van der Waals surface area contributed by atoms with Crippen LogP contribution in [0.5, 0.6) is 0 Å². The molecule has 0 aliphatic heterocycles. The maximum Gasteiger partial charge on any atom is 0.305 e. The van der Waals surface area contributed by atoms with Crippen molar-refractivity contribution in [2.24, 2.45) is 0 Å². The van der Waals surface area contributed by atoms with Crippen LogP contribution in [0, 0.1) is 0 Å². The normalized spacial score (nSPS) is 9.74. The van der Waals surface area contributed by atoms with Crippen molar-refractivity contribution < 1.29 is 19.5 Å². The van der Waals surface area contributed by atoms with Gasteiger partial charge < -0.3 is 15.7 Å². The molecule has 3 N–H and O–H groups in total. The summed E-state index contributed by atoms with van der Waals surface area (Å²) in [7, 11) is 0. The lowest BCUT2D eigenvalue weighted by atomic mass is 10.2. The average Bonchev–Trinajstić information content (AvgIpc) is 2.38. The largest absolute Gasteiger partial charge is 0.481 e. The van der Waals surface area contributed by atoms with Crippen LogP contribution in [0.2, 0.25) is 0 Å². The van der Waals surface area contributed by atoms with Crippen molar-refractivity contribution in [3.8, 4) is 0 Å². The van der Waals surface area contributed by atoms with Gasteiger partial charge in [-0.25, -0.2) is 0 Å². The first-order valence-electron chi connectivity index (χ1n) is 5.93. The Bertz CT molecular complexity index is 468. The minimum absolute atomic E-state index is 0.0858. The van der Waals surface area contributed by atoms with Crippen molar-refractivity contribution in [3.63, 3.8) is 0 Å². The van der Waals surface area contributed by atoms with Gasteiger partial charge in [-0.15, -0.1) is 0 Å². The Labute approximate surface area is 110 Å². The molecule has 6 heteroatoms. The van der Waals surface area contributed by atoms with Crippen LogP contribution in [-0.4, -0.2) is 29.4 Å². The first-order chi connectivity index (χ1) is 9.02. The van der Waals surface area contributed by atoms with E-state index in [-0.39, 0.29) is 24.8 Å². The number of hydrogen-bond acceptors (Lipinski definition) is 3. The SMILES string of the molecule is CCC(=O)Nc1ccc(C(=O)NCCC(=O)O)cc1. The summed E-state index contributed by atoms with van der Waals surface area (Å²) < 4.78 is 0. The van der Waals surface area contributed by atoms with Crippen molar-refractivity contribution in [1.29, 1.82) is 0 Å². The predicted octanol–water partition coefficient (Wildman–Crippen LogP) is 1.24. The lowest BCUT2D eigenvalue weighted by molar-refractivity contribution is -0.136. The smallest absolute Gasteiger partial charge is 0.305 e. The number of carboxylic acids is 1. The highest BCUT2D eigenvalue weighted by Gasteiger charge is 2.06. The second-order valence-electron chi connectivity index (χ2n) is 3.88. The van der Waals surface area contributed by atoms with E-state index >= 15 is 0 Å². The number of nitrogens with one attached hydrogen (secondary N) is 2. The molecule has 0 saturated heterocycles. The fourth-order valence-corrected chi connectivity index (χ4v) is 1.34. The van der Waals surface area contributed by atoms with Crippen LogP contribution in [0.3, 0.4) is 0 Å². The van der Waals surface area contributed by atoms with E-state index in [4.69, 9.17) is 5.11 Å². The third-order valence-electron chi connectivity index (χ3n) is 2.38. The molecule has 1 aromatic rings.